The third kappa shape index (κ3) is 4.25. The van der Waals surface area contributed by atoms with E-state index in [1.807, 2.05) is 0 Å². The molecule has 0 bridgehead atoms. The summed E-state index contributed by atoms with van der Waals surface area (Å²) in [6.45, 7) is 4.03. The molecule has 100 valence electrons. The van der Waals surface area contributed by atoms with Gasteiger partial charge in [-0.3, -0.25) is 4.79 Å². The number of halogens is 1. The second-order valence-corrected chi connectivity index (χ2v) is 3.96. The number of hydrogen-bond donors (Lipinski definition) is 1. The summed E-state index contributed by atoms with van der Waals surface area (Å²) in [6.07, 6.45) is 0. The van der Waals surface area contributed by atoms with Gasteiger partial charge >= 0.3 is 11.9 Å². The number of hydrogen-bond acceptors (Lipinski definition) is 5. The molecule has 0 amide bonds. The van der Waals surface area contributed by atoms with E-state index in [0.29, 0.717) is 0 Å². The molecule has 0 spiro atoms. The van der Waals surface area contributed by atoms with Crippen molar-refractivity contribution in [3.63, 3.8) is 0 Å². The van der Waals surface area contributed by atoms with Crippen LogP contribution in [0.2, 0.25) is 0 Å². The Morgan fingerprint density at radius 1 is 1.22 bits per heavy atom. The van der Waals surface area contributed by atoms with Gasteiger partial charge in [0, 0.05) is 6.92 Å². The van der Waals surface area contributed by atoms with Gasteiger partial charge in [0.15, 0.2) is 11.5 Å². The third-order valence-electron chi connectivity index (χ3n) is 1.96. The van der Waals surface area contributed by atoms with Gasteiger partial charge in [-0.25, -0.2) is 4.79 Å². The molecule has 0 aliphatic rings. The van der Waals surface area contributed by atoms with Gasteiger partial charge in [0.05, 0.1) is 0 Å². The summed E-state index contributed by atoms with van der Waals surface area (Å²) in [5, 5.41) is 9.42. The largest absolute Gasteiger partial charge is 0.504 e. The molecule has 0 radical (unpaired) electrons. The Bertz CT molecular complexity index is 442. The number of phenolic OH excluding ortho intramolecular Hbond substituents is 1. The minimum Gasteiger partial charge on any atom is -0.504 e. The van der Waals surface area contributed by atoms with Crippen LogP contribution in [0.5, 0.6) is 11.5 Å². The number of phenols is 1. The topological polar surface area (TPSA) is 72.8 Å². The summed E-state index contributed by atoms with van der Waals surface area (Å²) in [6, 6.07) is 6.05. The van der Waals surface area contributed by atoms with Gasteiger partial charge in [-0.05, 0) is 26.0 Å². The lowest BCUT2D eigenvalue weighted by Crippen LogP contribution is -2.39. The van der Waals surface area contributed by atoms with Crippen LogP contribution in [0.15, 0.2) is 24.3 Å². The van der Waals surface area contributed by atoms with E-state index in [9.17, 15) is 14.7 Å². The van der Waals surface area contributed by atoms with E-state index in [1.165, 1.54) is 32.9 Å². The molecule has 0 heterocycles. The molecule has 0 saturated carbocycles. The summed E-state index contributed by atoms with van der Waals surface area (Å²) in [7, 11) is 0. The van der Waals surface area contributed by atoms with E-state index >= 15 is 0 Å². The third-order valence-corrected chi connectivity index (χ3v) is 1.96. The first-order chi connectivity index (χ1) is 7.83. The number of carbonyl (C=O) groups excluding carboxylic acids is 2. The lowest BCUT2D eigenvalue weighted by atomic mass is 10.1. The maximum absolute atomic E-state index is 11.7. The SMILES string of the molecule is CC(=O)OC(C)(C)C(=O)Oc1ccccc1O.Cl. The summed E-state index contributed by atoms with van der Waals surface area (Å²) in [5.74, 6) is -1.46. The molecule has 0 unspecified atom stereocenters. The van der Waals surface area contributed by atoms with Crippen LogP contribution in [-0.4, -0.2) is 22.6 Å². The van der Waals surface area contributed by atoms with E-state index in [4.69, 9.17) is 9.47 Å². The number of para-hydroxylation sites is 2. The van der Waals surface area contributed by atoms with Crippen LogP contribution < -0.4 is 4.74 Å². The highest BCUT2D eigenvalue weighted by Gasteiger charge is 2.33. The van der Waals surface area contributed by atoms with Crippen LogP contribution in [-0.2, 0) is 14.3 Å². The fourth-order valence-electron chi connectivity index (χ4n) is 1.17. The molecule has 0 aromatic heterocycles. The average molecular weight is 275 g/mol. The number of rotatable bonds is 3. The zero-order chi connectivity index (χ0) is 13.1. The van der Waals surface area contributed by atoms with Crippen molar-refractivity contribution in [3.8, 4) is 11.5 Å². The smallest absolute Gasteiger partial charge is 0.355 e. The second-order valence-electron chi connectivity index (χ2n) is 3.96. The normalized spacial score (nSPS) is 10.2. The van der Waals surface area contributed by atoms with Crippen LogP contribution in [0, 0.1) is 0 Å². The van der Waals surface area contributed by atoms with Gasteiger partial charge in [0.2, 0.25) is 5.60 Å². The molecule has 0 saturated heterocycles. The monoisotopic (exact) mass is 274 g/mol. The van der Waals surface area contributed by atoms with Gasteiger partial charge in [-0.2, -0.15) is 0 Å². The highest BCUT2D eigenvalue weighted by molar-refractivity contribution is 5.85. The van der Waals surface area contributed by atoms with Crippen molar-refractivity contribution in [2.45, 2.75) is 26.4 Å². The minimum atomic E-state index is -1.39. The fourth-order valence-corrected chi connectivity index (χ4v) is 1.17. The first-order valence-corrected chi connectivity index (χ1v) is 5.03. The number of ether oxygens (including phenoxy) is 2. The predicted octanol–water partition coefficient (Wildman–Crippen LogP) is 2.06. The van der Waals surface area contributed by atoms with Crippen LogP contribution in [0.3, 0.4) is 0 Å². The lowest BCUT2D eigenvalue weighted by Gasteiger charge is -2.22. The highest BCUT2D eigenvalue weighted by Crippen LogP contribution is 2.26. The van der Waals surface area contributed by atoms with E-state index < -0.39 is 17.5 Å². The van der Waals surface area contributed by atoms with E-state index in [1.54, 1.807) is 12.1 Å². The van der Waals surface area contributed by atoms with Crippen molar-refractivity contribution in [2.75, 3.05) is 0 Å². The fraction of sp³-hybridized carbons (Fsp3) is 0.333. The molecule has 1 aromatic rings. The molecule has 0 aliphatic heterocycles. The first-order valence-electron chi connectivity index (χ1n) is 5.03. The molecule has 1 N–H and O–H groups in total. The zero-order valence-electron chi connectivity index (χ0n) is 10.3. The molecule has 5 nitrogen and oxygen atoms in total. The molecular weight excluding hydrogens is 260 g/mol. The van der Waals surface area contributed by atoms with E-state index in [-0.39, 0.29) is 23.9 Å². The summed E-state index contributed by atoms with van der Waals surface area (Å²) in [4.78, 5) is 22.5. The molecular formula is C12H15ClO5. The Balaban J connectivity index is 0.00000289. The Hall–Kier alpha value is -1.75. The highest BCUT2D eigenvalue weighted by atomic mass is 35.5. The Kier molecular flexibility index (Phi) is 5.65. The minimum absolute atomic E-state index is 0. The Morgan fingerprint density at radius 3 is 2.28 bits per heavy atom. The molecule has 0 aliphatic carbocycles. The zero-order valence-corrected chi connectivity index (χ0v) is 11.1. The molecule has 1 aromatic carbocycles. The molecule has 6 heteroatoms. The number of aromatic hydroxyl groups is 1. The molecule has 0 atom stereocenters. The van der Waals surface area contributed by atoms with Crippen LogP contribution >= 0.6 is 12.4 Å². The van der Waals surface area contributed by atoms with Gasteiger partial charge in [-0.1, -0.05) is 12.1 Å². The summed E-state index contributed by atoms with van der Waals surface area (Å²) in [5.41, 5.74) is -1.39. The van der Waals surface area contributed by atoms with E-state index in [0.717, 1.165) is 0 Å². The van der Waals surface area contributed by atoms with Gasteiger partial charge < -0.3 is 14.6 Å². The average Bonchev–Trinajstić information content (AvgIpc) is 2.19. The maximum atomic E-state index is 11.7. The van der Waals surface area contributed by atoms with Crippen molar-refractivity contribution in [1.82, 2.24) is 0 Å². The standard InChI is InChI=1S/C12H14O5.ClH/c1-8(13)17-12(2,3)11(15)16-10-7-5-4-6-9(10)14;/h4-7,14H,1-3H3;1H. The number of carbonyl (C=O) groups is 2. The second kappa shape index (κ2) is 6.26. The number of benzene rings is 1. The van der Waals surface area contributed by atoms with Crippen molar-refractivity contribution in [1.29, 1.82) is 0 Å². The lowest BCUT2D eigenvalue weighted by molar-refractivity contribution is -0.170. The van der Waals surface area contributed by atoms with Crippen LogP contribution in [0.1, 0.15) is 20.8 Å². The maximum Gasteiger partial charge on any atom is 0.355 e. The van der Waals surface area contributed by atoms with Crippen molar-refractivity contribution in [3.05, 3.63) is 24.3 Å². The predicted molar refractivity (Wildman–Crippen MR) is 66.8 cm³/mol. The molecule has 1 rings (SSSR count). The van der Waals surface area contributed by atoms with Crippen LogP contribution in [0.25, 0.3) is 0 Å². The van der Waals surface area contributed by atoms with Crippen molar-refractivity contribution >= 4 is 24.3 Å². The summed E-state index contributed by atoms with van der Waals surface area (Å²) < 4.78 is 9.76. The van der Waals surface area contributed by atoms with Crippen molar-refractivity contribution in [2.24, 2.45) is 0 Å². The first kappa shape index (κ1) is 16.2. The summed E-state index contributed by atoms with van der Waals surface area (Å²) >= 11 is 0. The van der Waals surface area contributed by atoms with E-state index in [2.05, 4.69) is 0 Å². The Labute approximate surface area is 111 Å². The van der Waals surface area contributed by atoms with Gasteiger partial charge in [0.25, 0.3) is 0 Å². The van der Waals surface area contributed by atoms with Crippen molar-refractivity contribution < 1.29 is 24.2 Å². The quantitative estimate of drug-likeness (QED) is 0.675. The van der Waals surface area contributed by atoms with Gasteiger partial charge in [-0.15, -0.1) is 12.4 Å². The molecule has 0 fully saturated rings. The number of esters is 2. The van der Waals surface area contributed by atoms with Crippen LogP contribution in [0.4, 0.5) is 0 Å². The Morgan fingerprint density at radius 2 is 1.78 bits per heavy atom. The molecule has 18 heavy (non-hydrogen) atoms. The van der Waals surface area contributed by atoms with Gasteiger partial charge in [0.1, 0.15) is 0 Å².